The fourth-order valence-corrected chi connectivity index (χ4v) is 3.39. The summed E-state index contributed by atoms with van der Waals surface area (Å²) in [5.74, 6) is 0. The number of fused-ring (bicyclic) bond motifs is 1. The monoisotopic (exact) mass is 244 g/mol. The molecule has 86 valence electrons. The Bertz CT molecular complexity index is 621. The zero-order valence-corrected chi connectivity index (χ0v) is 10.4. The summed E-state index contributed by atoms with van der Waals surface area (Å²) >= 11 is 1.51. The van der Waals surface area contributed by atoms with Gasteiger partial charge in [-0.15, -0.1) is 0 Å². The first kappa shape index (κ1) is 10.6. The first-order valence-electron chi connectivity index (χ1n) is 5.71. The van der Waals surface area contributed by atoms with E-state index in [2.05, 4.69) is 21.5 Å². The lowest BCUT2D eigenvalue weighted by molar-refractivity contribution is 0.258. The third kappa shape index (κ3) is 1.45. The Kier molecular flexibility index (Phi) is 2.35. The number of benzene rings is 1. The summed E-state index contributed by atoms with van der Waals surface area (Å²) in [6, 6.07) is 6.17. The van der Waals surface area contributed by atoms with Crippen molar-refractivity contribution in [1.29, 1.82) is 0 Å². The van der Waals surface area contributed by atoms with Crippen molar-refractivity contribution in [2.45, 2.75) is 31.7 Å². The number of hydrogen-bond donors (Lipinski definition) is 0. The minimum atomic E-state index is -0.325. The van der Waals surface area contributed by atoms with Crippen LogP contribution >= 0.6 is 11.5 Å². The van der Waals surface area contributed by atoms with Crippen LogP contribution in [0.2, 0.25) is 0 Å². The van der Waals surface area contributed by atoms with Crippen LogP contribution in [0.25, 0.3) is 10.1 Å². The molecule has 0 atom stereocenters. The normalized spacial score (nSPS) is 17.5. The zero-order valence-electron chi connectivity index (χ0n) is 9.56. The molecule has 1 aliphatic rings. The van der Waals surface area contributed by atoms with Crippen LogP contribution in [0.15, 0.2) is 23.2 Å². The molecule has 1 aromatic carbocycles. The van der Waals surface area contributed by atoms with Gasteiger partial charge in [0.2, 0.25) is 6.08 Å². The van der Waals surface area contributed by atoms with E-state index in [1.165, 1.54) is 21.6 Å². The highest BCUT2D eigenvalue weighted by atomic mass is 32.1. The molecule has 0 aliphatic heterocycles. The molecule has 0 bridgehead atoms. The van der Waals surface area contributed by atoms with E-state index in [9.17, 15) is 4.79 Å². The maximum Gasteiger partial charge on any atom is 0.235 e. The molecular formula is C13H12N2OS. The molecule has 0 amide bonds. The molecule has 1 fully saturated rings. The zero-order chi connectivity index (χ0) is 11.9. The summed E-state index contributed by atoms with van der Waals surface area (Å²) in [6.45, 7) is 2.01. The van der Waals surface area contributed by atoms with Crippen molar-refractivity contribution in [3.63, 3.8) is 0 Å². The number of hydrogen-bond acceptors (Lipinski definition) is 4. The van der Waals surface area contributed by atoms with Crippen molar-refractivity contribution in [1.82, 2.24) is 4.37 Å². The van der Waals surface area contributed by atoms with Crippen LogP contribution in [0.3, 0.4) is 0 Å². The average molecular weight is 244 g/mol. The lowest BCUT2D eigenvalue weighted by Gasteiger charge is -2.37. The van der Waals surface area contributed by atoms with E-state index >= 15 is 0 Å². The highest BCUT2D eigenvalue weighted by Gasteiger charge is 2.40. The van der Waals surface area contributed by atoms with E-state index in [1.54, 1.807) is 6.08 Å². The molecule has 3 nitrogen and oxygen atoms in total. The summed E-state index contributed by atoms with van der Waals surface area (Å²) < 4.78 is 5.56. The van der Waals surface area contributed by atoms with Gasteiger partial charge >= 0.3 is 0 Å². The third-order valence-electron chi connectivity index (χ3n) is 3.61. The van der Waals surface area contributed by atoms with Gasteiger partial charge in [0, 0.05) is 5.39 Å². The quantitative estimate of drug-likeness (QED) is 0.600. The Morgan fingerprint density at radius 3 is 2.94 bits per heavy atom. The average Bonchev–Trinajstić information content (AvgIpc) is 2.66. The van der Waals surface area contributed by atoms with Gasteiger partial charge in [0.1, 0.15) is 0 Å². The van der Waals surface area contributed by atoms with Crippen molar-refractivity contribution in [2.24, 2.45) is 4.99 Å². The summed E-state index contributed by atoms with van der Waals surface area (Å²) in [6.07, 6.45) is 4.75. The van der Waals surface area contributed by atoms with Crippen LogP contribution in [-0.4, -0.2) is 10.5 Å². The van der Waals surface area contributed by atoms with Crippen LogP contribution in [-0.2, 0) is 10.3 Å². The minimum absolute atomic E-state index is 0.325. The minimum Gasteiger partial charge on any atom is -0.211 e. The maximum absolute atomic E-state index is 10.6. The predicted octanol–water partition coefficient (Wildman–Crippen LogP) is 3.32. The SMILES string of the molecule is Cc1nsc2cccc(C3(N=C=O)CCC3)c12. The van der Waals surface area contributed by atoms with E-state index < -0.39 is 0 Å². The van der Waals surface area contributed by atoms with Crippen LogP contribution in [0.1, 0.15) is 30.5 Å². The Labute approximate surface area is 103 Å². The molecule has 4 heteroatoms. The van der Waals surface area contributed by atoms with E-state index in [4.69, 9.17) is 0 Å². The molecule has 0 N–H and O–H groups in total. The Morgan fingerprint density at radius 2 is 2.29 bits per heavy atom. The molecule has 3 rings (SSSR count). The summed E-state index contributed by atoms with van der Waals surface area (Å²) in [7, 11) is 0. The van der Waals surface area contributed by atoms with E-state index in [1.807, 2.05) is 13.0 Å². The molecule has 0 saturated heterocycles. The van der Waals surface area contributed by atoms with Crippen LogP contribution in [0.4, 0.5) is 0 Å². The molecule has 2 aromatic rings. The first-order valence-corrected chi connectivity index (χ1v) is 6.49. The van der Waals surface area contributed by atoms with E-state index in [-0.39, 0.29) is 5.54 Å². The Hall–Kier alpha value is -1.51. The number of rotatable bonds is 2. The molecular weight excluding hydrogens is 232 g/mol. The smallest absolute Gasteiger partial charge is 0.211 e. The van der Waals surface area contributed by atoms with Crippen molar-refractivity contribution < 1.29 is 4.79 Å². The lowest BCUT2D eigenvalue weighted by Crippen LogP contribution is -2.32. The molecule has 0 spiro atoms. The molecule has 0 unspecified atom stereocenters. The van der Waals surface area contributed by atoms with Gasteiger partial charge in [-0.3, -0.25) is 0 Å². The second-order valence-corrected chi connectivity index (χ2v) is 5.34. The number of carbonyl (C=O) groups excluding carboxylic acids is 1. The van der Waals surface area contributed by atoms with Gasteiger partial charge < -0.3 is 0 Å². The van der Waals surface area contributed by atoms with Gasteiger partial charge in [-0.25, -0.2) is 4.79 Å². The van der Waals surface area contributed by atoms with Gasteiger partial charge in [-0.1, -0.05) is 12.1 Å². The highest BCUT2D eigenvalue weighted by Crippen LogP contribution is 2.47. The van der Waals surface area contributed by atoms with Crippen LogP contribution < -0.4 is 0 Å². The number of aliphatic imine (C=N–C) groups is 1. The fourth-order valence-electron chi connectivity index (χ4n) is 2.57. The Morgan fingerprint density at radius 1 is 1.47 bits per heavy atom. The van der Waals surface area contributed by atoms with E-state index in [0.717, 1.165) is 30.5 Å². The van der Waals surface area contributed by atoms with Crippen LogP contribution in [0.5, 0.6) is 0 Å². The summed E-state index contributed by atoms with van der Waals surface area (Å²) in [5, 5.41) is 1.18. The van der Waals surface area contributed by atoms with Crippen molar-refractivity contribution in [2.75, 3.05) is 0 Å². The number of aromatic nitrogens is 1. The van der Waals surface area contributed by atoms with Gasteiger partial charge in [0.05, 0.1) is 15.9 Å². The molecule has 1 aromatic heterocycles. The largest absolute Gasteiger partial charge is 0.235 e. The summed E-state index contributed by atoms with van der Waals surface area (Å²) in [4.78, 5) is 14.7. The van der Waals surface area contributed by atoms with Gasteiger partial charge in [-0.2, -0.15) is 9.37 Å². The number of nitrogens with zero attached hydrogens (tertiary/aromatic N) is 2. The first-order chi connectivity index (χ1) is 8.27. The molecule has 1 aliphatic carbocycles. The number of aryl methyl sites for hydroxylation is 1. The predicted molar refractivity (Wildman–Crippen MR) is 68.0 cm³/mol. The maximum atomic E-state index is 10.6. The van der Waals surface area contributed by atoms with Crippen molar-refractivity contribution in [3.05, 3.63) is 29.5 Å². The third-order valence-corrected chi connectivity index (χ3v) is 4.51. The van der Waals surface area contributed by atoms with Gasteiger partial charge in [0.25, 0.3) is 0 Å². The van der Waals surface area contributed by atoms with Crippen molar-refractivity contribution >= 4 is 27.7 Å². The van der Waals surface area contributed by atoms with Crippen LogP contribution in [0, 0.1) is 6.92 Å². The van der Waals surface area contributed by atoms with E-state index in [0.29, 0.717) is 0 Å². The summed E-state index contributed by atoms with van der Waals surface area (Å²) in [5.41, 5.74) is 1.86. The molecule has 17 heavy (non-hydrogen) atoms. The Balaban J connectivity index is 2.29. The fraction of sp³-hybridized carbons (Fsp3) is 0.385. The highest BCUT2D eigenvalue weighted by molar-refractivity contribution is 7.13. The molecule has 0 radical (unpaired) electrons. The van der Waals surface area contributed by atoms with Crippen molar-refractivity contribution in [3.8, 4) is 0 Å². The standard InChI is InChI=1S/C13H12N2OS/c1-9-12-10(4-2-5-11(12)17-15-9)13(14-8-16)6-3-7-13/h2,4-5H,3,6-7H2,1H3. The van der Waals surface area contributed by atoms with Gasteiger partial charge in [0.15, 0.2) is 0 Å². The second kappa shape index (κ2) is 3.76. The lowest BCUT2D eigenvalue weighted by atomic mass is 9.71. The molecule has 1 heterocycles. The number of isocyanates is 1. The second-order valence-electron chi connectivity index (χ2n) is 4.53. The topological polar surface area (TPSA) is 42.3 Å². The molecule has 1 saturated carbocycles. The van der Waals surface area contributed by atoms with Gasteiger partial charge in [-0.05, 0) is 49.3 Å².